The molecule has 0 fully saturated rings. The molecule has 0 saturated heterocycles. The largest absolute Gasteiger partial charge is 0.489 e. The fourth-order valence-electron chi connectivity index (χ4n) is 2.89. The summed E-state index contributed by atoms with van der Waals surface area (Å²) in [5.74, 6) is 0.754. The summed E-state index contributed by atoms with van der Waals surface area (Å²) in [6.07, 6.45) is 0.911. The summed E-state index contributed by atoms with van der Waals surface area (Å²) in [4.78, 5) is 11.0. The summed E-state index contributed by atoms with van der Waals surface area (Å²) in [5, 5.41) is 15.9. The monoisotopic (exact) mass is 365 g/mol. The Morgan fingerprint density at radius 2 is 1.89 bits per heavy atom. The Balaban J connectivity index is 1.80. The van der Waals surface area contributed by atoms with Crippen molar-refractivity contribution in [1.82, 2.24) is 9.78 Å². The molecule has 0 spiro atoms. The molecule has 3 rings (SSSR count). The fraction of sp³-hybridized carbons (Fsp3) is 0.238. The van der Waals surface area contributed by atoms with E-state index in [-0.39, 0.29) is 6.61 Å². The quantitative estimate of drug-likeness (QED) is 0.682. The van der Waals surface area contributed by atoms with Crippen molar-refractivity contribution >= 4 is 11.8 Å². The molecule has 0 aliphatic heterocycles. The molecular formula is C21H23N3O3. The number of amides is 1. The third-order valence-corrected chi connectivity index (χ3v) is 4.59. The lowest BCUT2D eigenvalue weighted by Crippen LogP contribution is -2.11. The highest BCUT2D eigenvalue weighted by molar-refractivity contribution is 5.84. The molecule has 0 aliphatic carbocycles. The predicted octanol–water partition coefficient (Wildman–Crippen LogP) is 4.77. The molecule has 2 aromatic carbocycles. The van der Waals surface area contributed by atoms with Crippen molar-refractivity contribution in [3.8, 4) is 11.4 Å². The van der Waals surface area contributed by atoms with Gasteiger partial charge in [-0.3, -0.25) is 5.32 Å². The number of nitrogens with one attached hydrogen (secondary N) is 1. The van der Waals surface area contributed by atoms with E-state index in [4.69, 9.17) is 9.84 Å². The van der Waals surface area contributed by atoms with Gasteiger partial charge >= 0.3 is 6.09 Å². The van der Waals surface area contributed by atoms with Crippen molar-refractivity contribution in [2.24, 2.45) is 0 Å². The van der Waals surface area contributed by atoms with E-state index in [2.05, 4.69) is 10.4 Å². The average Bonchev–Trinajstić information content (AvgIpc) is 2.94. The Bertz CT molecular complexity index is 973. The highest BCUT2D eigenvalue weighted by Crippen LogP contribution is 2.26. The van der Waals surface area contributed by atoms with Gasteiger partial charge in [0.2, 0.25) is 0 Å². The first-order chi connectivity index (χ1) is 12.8. The summed E-state index contributed by atoms with van der Waals surface area (Å²) in [7, 11) is 0. The Labute approximate surface area is 158 Å². The third-order valence-electron chi connectivity index (χ3n) is 4.59. The number of hydrogen-bond donors (Lipinski definition) is 2. The van der Waals surface area contributed by atoms with Crippen LogP contribution in [0.15, 0.2) is 42.6 Å². The van der Waals surface area contributed by atoms with Crippen LogP contribution in [0.3, 0.4) is 0 Å². The van der Waals surface area contributed by atoms with Crippen LogP contribution >= 0.6 is 0 Å². The van der Waals surface area contributed by atoms with Gasteiger partial charge in [0, 0.05) is 11.8 Å². The van der Waals surface area contributed by atoms with Crippen LogP contribution in [0.2, 0.25) is 0 Å². The molecule has 1 aromatic heterocycles. The lowest BCUT2D eigenvalue weighted by atomic mass is 10.1. The minimum absolute atomic E-state index is 0.280. The van der Waals surface area contributed by atoms with E-state index in [1.165, 1.54) is 0 Å². The van der Waals surface area contributed by atoms with Crippen LogP contribution in [0.4, 0.5) is 10.5 Å². The first-order valence-electron chi connectivity index (χ1n) is 8.70. The third kappa shape index (κ3) is 4.11. The predicted molar refractivity (Wildman–Crippen MR) is 105 cm³/mol. The van der Waals surface area contributed by atoms with Gasteiger partial charge < -0.3 is 9.84 Å². The summed E-state index contributed by atoms with van der Waals surface area (Å²) >= 11 is 0. The Morgan fingerprint density at radius 3 is 2.52 bits per heavy atom. The number of carboxylic acid groups (broad SMARTS) is 1. The number of rotatable bonds is 5. The standard InChI is InChI=1S/C21H23N3O3/c1-13-6-5-7-19(22-21(25)26)18(13)12-27-20-9-8-17(10-14(20)2)24-11-15(3)16(4)23-24/h5-11,22H,12H2,1-4H3,(H,25,26). The highest BCUT2D eigenvalue weighted by atomic mass is 16.5. The number of hydrogen-bond acceptors (Lipinski definition) is 3. The maximum Gasteiger partial charge on any atom is 0.409 e. The number of aryl methyl sites for hydroxylation is 4. The average molecular weight is 365 g/mol. The smallest absolute Gasteiger partial charge is 0.409 e. The van der Waals surface area contributed by atoms with Crippen LogP contribution in [0.1, 0.15) is 27.9 Å². The molecule has 0 bridgehead atoms. The van der Waals surface area contributed by atoms with Crippen molar-refractivity contribution in [2.45, 2.75) is 34.3 Å². The summed E-state index contributed by atoms with van der Waals surface area (Å²) in [6.45, 7) is 8.22. The molecule has 6 heteroatoms. The fourth-order valence-corrected chi connectivity index (χ4v) is 2.89. The Kier molecular flexibility index (Phi) is 5.16. The Morgan fingerprint density at radius 1 is 1.11 bits per heavy atom. The van der Waals surface area contributed by atoms with Crippen LogP contribution in [0, 0.1) is 27.7 Å². The summed E-state index contributed by atoms with van der Waals surface area (Å²) < 4.78 is 7.84. The molecule has 0 saturated carbocycles. The number of carbonyl (C=O) groups is 1. The van der Waals surface area contributed by atoms with Gasteiger partial charge in [0.25, 0.3) is 0 Å². The van der Waals surface area contributed by atoms with E-state index in [0.717, 1.165) is 39.4 Å². The first-order valence-corrected chi connectivity index (χ1v) is 8.70. The van der Waals surface area contributed by atoms with Gasteiger partial charge in [-0.05, 0) is 68.7 Å². The lowest BCUT2D eigenvalue weighted by molar-refractivity contribution is 0.209. The first kappa shape index (κ1) is 18.5. The maximum absolute atomic E-state index is 11.0. The van der Waals surface area contributed by atoms with Crippen LogP contribution in [0.5, 0.6) is 5.75 Å². The van der Waals surface area contributed by atoms with Crippen molar-refractivity contribution in [1.29, 1.82) is 0 Å². The van der Waals surface area contributed by atoms with E-state index in [1.807, 2.05) is 68.9 Å². The molecule has 0 unspecified atom stereocenters. The van der Waals surface area contributed by atoms with E-state index < -0.39 is 6.09 Å². The molecule has 6 nitrogen and oxygen atoms in total. The van der Waals surface area contributed by atoms with Crippen molar-refractivity contribution in [3.05, 3.63) is 70.5 Å². The molecule has 0 radical (unpaired) electrons. The number of anilines is 1. The van der Waals surface area contributed by atoms with Gasteiger partial charge in [-0.25, -0.2) is 9.48 Å². The van der Waals surface area contributed by atoms with E-state index in [1.54, 1.807) is 6.07 Å². The molecule has 0 atom stereocenters. The van der Waals surface area contributed by atoms with Gasteiger partial charge in [0.1, 0.15) is 12.4 Å². The molecular weight excluding hydrogens is 342 g/mol. The van der Waals surface area contributed by atoms with E-state index in [0.29, 0.717) is 5.69 Å². The van der Waals surface area contributed by atoms with E-state index >= 15 is 0 Å². The van der Waals surface area contributed by atoms with Gasteiger partial charge in [-0.2, -0.15) is 5.10 Å². The maximum atomic E-state index is 11.0. The van der Waals surface area contributed by atoms with E-state index in [9.17, 15) is 4.79 Å². The van der Waals surface area contributed by atoms with Gasteiger partial charge in [-0.1, -0.05) is 12.1 Å². The molecule has 1 heterocycles. The van der Waals surface area contributed by atoms with Crippen LogP contribution in [-0.2, 0) is 6.61 Å². The minimum Gasteiger partial charge on any atom is -0.489 e. The number of aromatic nitrogens is 2. The zero-order chi connectivity index (χ0) is 19.6. The van der Waals surface area contributed by atoms with Crippen LogP contribution in [-0.4, -0.2) is 21.0 Å². The van der Waals surface area contributed by atoms with Crippen LogP contribution < -0.4 is 10.1 Å². The Hall–Kier alpha value is -3.28. The molecule has 27 heavy (non-hydrogen) atoms. The van der Waals surface area contributed by atoms with Crippen molar-refractivity contribution < 1.29 is 14.6 Å². The van der Waals surface area contributed by atoms with Crippen LogP contribution in [0.25, 0.3) is 5.69 Å². The molecule has 3 aromatic rings. The van der Waals surface area contributed by atoms with Gasteiger partial charge in [-0.15, -0.1) is 0 Å². The number of nitrogens with zero attached hydrogens (tertiary/aromatic N) is 2. The molecule has 140 valence electrons. The summed E-state index contributed by atoms with van der Waals surface area (Å²) in [6, 6.07) is 11.4. The second-order valence-electron chi connectivity index (χ2n) is 6.61. The second-order valence-corrected chi connectivity index (χ2v) is 6.61. The number of benzene rings is 2. The van der Waals surface area contributed by atoms with Gasteiger partial charge in [0.15, 0.2) is 0 Å². The SMILES string of the molecule is Cc1cc(-n2cc(C)c(C)n2)ccc1OCc1c(C)cccc1NC(=O)O. The number of ether oxygens (including phenoxy) is 1. The zero-order valence-electron chi connectivity index (χ0n) is 15.9. The molecule has 0 aliphatic rings. The van der Waals surface area contributed by atoms with Crippen molar-refractivity contribution in [3.63, 3.8) is 0 Å². The topological polar surface area (TPSA) is 76.4 Å². The highest BCUT2D eigenvalue weighted by Gasteiger charge is 2.11. The molecule has 2 N–H and O–H groups in total. The second kappa shape index (κ2) is 7.53. The lowest BCUT2D eigenvalue weighted by Gasteiger charge is -2.15. The molecule has 1 amide bonds. The van der Waals surface area contributed by atoms with Gasteiger partial charge in [0.05, 0.1) is 17.1 Å². The van der Waals surface area contributed by atoms with Crippen molar-refractivity contribution in [2.75, 3.05) is 5.32 Å². The normalized spacial score (nSPS) is 10.7. The zero-order valence-corrected chi connectivity index (χ0v) is 15.9. The minimum atomic E-state index is -1.09. The summed E-state index contributed by atoms with van der Waals surface area (Å²) in [5.41, 5.74) is 6.44.